The normalized spacial score (nSPS) is 51.2. The van der Waals surface area contributed by atoms with Gasteiger partial charge in [-0.15, -0.1) is 0 Å². The second-order valence-electron chi connectivity index (χ2n) is 5.27. The average molecular weight is 181 g/mol. The summed E-state index contributed by atoms with van der Waals surface area (Å²) in [6.07, 6.45) is 7.53. The SMILES string of the molecule is CN1C2CCC1(C1CC1)CC(O)C2. The molecule has 2 heteroatoms. The van der Waals surface area contributed by atoms with Crippen molar-refractivity contribution < 1.29 is 5.11 Å². The molecule has 0 aromatic rings. The predicted molar refractivity (Wildman–Crippen MR) is 51.5 cm³/mol. The number of aliphatic hydroxyl groups excluding tert-OH is 1. The van der Waals surface area contributed by atoms with Crippen LogP contribution in [0.15, 0.2) is 0 Å². The highest BCUT2D eigenvalue weighted by atomic mass is 16.3. The van der Waals surface area contributed by atoms with Crippen LogP contribution in [0.2, 0.25) is 0 Å². The van der Waals surface area contributed by atoms with E-state index in [9.17, 15) is 5.11 Å². The smallest absolute Gasteiger partial charge is 0.0572 e. The van der Waals surface area contributed by atoms with Gasteiger partial charge in [-0.25, -0.2) is 0 Å². The highest BCUT2D eigenvalue weighted by molar-refractivity contribution is 5.11. The van der Waals surface area contributed by atoms with Crippen molar-refractivity contribution in [2.24, 2.45) is 5.92 Å². The van der Waals surface area contributed by atoms with Crippen LogP contribution in [-0.2, 0) is 0 Å². The summed E-state index contributed by atoms with van der Waals surface area (Å²) >= 11 is 0. The maximum Gasteiger partial charge on any atom is 0.0572 e. The number of fused-ring (bicyclic) bond motifs is 2. The first-order valence-electron chi connectivity index (χ1n) is 5.63. The number of hydrogen-bond acceptors (Lipinski definition) is 2. The minimum Gasteiger partial charge on any atom is -0.393 e. The number of piperidine rings is 1. The second kappa shape index (κ2) is 2.48. The van der Waals surface area contributed by atoms with E-state index in [0.717, 1.165) is 18.8 Å². The van der Waals surface area contributed by atoms with E-state index in [1.165, 1.54) is 25.7 Å². The molecule has 2 bridgehead atoms. The zero-order valence-electron chi connectivity index (χ0n) is 8.37. The van der Waals surface area contributed by atoms with Crippen molar-refractivity contribution in [3.8, 4) is 0 Å². The topological polar surface area (TPSA) is 23.5 Å². The summed E-state index contributed by atoms with van der Waals surface area (Å²) in [5.41, 5.74) is 0.419. The molecule has 3 atom stereocenters. The van der Waals surface area contributed by atoms with Gasteiger partial charge in [0, 0.05) is 11.6 Å². The maximum absolute atomic E-state index is 9.82. The molecule has 3 unspecified atom stereocenters. The Bertz CT molecular complexity index is 226. The Morgan fingerprint density at radius 2 is 2.08 bits per heavy atom. The van der Waals surface area contributed by atoms with Gasteiger partial charge in [0.1, 0.15) is 0 Å². The molecule has 2 aliphatic heterocycles. The van der Waals surface area contributed by atoms with Gasteiger partial charge >= 0.3 is 0 Å². The van der Waals surface area contributed by atoms with Crippen LogP contribution in [0.4, 0.5) is 0 Å². The molecule has 3 aliphatic rings. The van der Waals surface area contributed by atoms with E-state index in [2.05, 4.69) is 11.9 Å². The number of rotatable bonds is 1. The molecule has 13 heavy (non-hydrogen) atoms. The minimum absolute atomic E-state index is 0.00991. The molecule has 0 spiro atoms. The van der Waals surface area contributed by atoms with E-state index in [0.29, 0.717) is 11.6 Å². The fourth-order valence-corrected chi connectivity index (χ4v) is 3.76. The number of aliphatic hydroxyl groups is 1. The Labute approximate surface area is 79.9 Å². The third-order valence-corrected chi connectivity index (χ3v) is 4.63. The molecule has 1 aliphatic carbocycles. The molecular formula is C11H19NO. The highest BCUT2D eigenvalue weighted by Gasteiger charge is 2.56. The van der Waals surface area contributed by atoms with Gasteiger partial charge in [0.2, 0.25) is 0 Å². The van der Waals surface area contributed by atoms with Crippen molar-refractivity contribution in [3.63, 3.8) is 0 Å². The summed E-state index contributed by atoms with van der Waals surface area (Å²) in [5, 5.41) is 9.82. The van der Waals surface area contributed by atoms with Gasteiger partial charge < -0.3 is 5.11 Å². The fraction of sp³-hybridized carbons (Fsp3) is 1.00. The molecule has 0 aromatic heterocycles. The first-order valence-corrected chi connectivity index (χ1v) is 5.63. The maximum atomic E-state index is 9.82. The minimum atomic E-state index is -0.00991. The summed E-state index contributed by atoms with van der Waals surface area (Å²) in [5.74, 6) is 0.914. The Balaban J connectivity index is 1.91. The zero-order valence-corrected chi connectivity index (χ0v) is 8.37. The average Bonchev–Trinajstić information content (AvgIpc) is 2.85. The summed E-state index contributed by atoms with van der Waals surface area (Å²) in [4.78, 5) is 2.59. The van der Waals surface area contributed by atoms with Crippen LogP contribution in [0.3, 0.4) is 0 Å². The third-order valence-electron chi connectivity index (χ3n) is 4.63. The lowest BCUT2D eigenvalue weighted by atomic mass is 9.83. The van der Waals surface area contributed by atoms with Crippen molar-refractivity contribution >= 4 is 0 Å². The van der Waals surface area contributed by atoms with E-state index >= 15 is 0 Å². The zero-order chi connectivity index (χ0) is 9.05. The molecule has 3 rings (SSSR count). The van der Waals surface area contributed by atoms with Crippen LogP contribution in [0, 0.1) is 5.92 Å². The molecule has 0 radical (unpaired) electrons. The van der Waals surface area contributed by atoms with Gasteiger partial charge in [-0.1, -0.05) is 0 Å². The molecule has 2 heterocycles. The highest BCUT2D eigenvalue weighted by Crippen LogP contribution is 2.55. The molecule has 0 amide bonds. The lowest BCUT2D eigenvalue weighted by Gasteiger charge is -2.45. The van der Waals surface area contributed by atoms with Crippen LogP contribution in [0.5, 0.6) is 0 Å². The van der Waals surface area contributed by atoms with Crippen LogP contribution < -0.4 is 0 Å². The first-order chi connectivity index (χ1) is 6.22. The molecule has 0 aromatic carbocycles. The lowest BCUT2D eigenvalue weighted by molar-refractivity contribution is -0.0150. The van der Waals surface area contributed by atoms with E-state index in [1.807, 2.05) is 0 Å². The van der Waals surface area contributed by atoms with Crippen molar-refractivity contribution in [1.29, 1.82) is 0 Å². The molecule has 1 N–H and O–H groups in total. The molecule has 2 saturated heterocycles. The molecule has 74 valence electrons. The molecule has 2 nitrogen and oxygen atoms in total. The second-order valence-corrected chi connectivity index (χ2v) is 5.27. The van der Waals surface area contributed by atoms with Gasteiger partial charge in [0.15, 0.2) is 0 Å². The van der Waals surface area contributed by atoms with E-state index < -0.39 is 0 Å². The molecule has 3 fully saturated rings. The van der Waals surface area contributed by atoms with Gasteiger partial charge in [0.25, 0.3) is 0 Å². The summed E-state index contributed by atoms with van der Waals surface area (Å²) in [6, 6.07) is 0.685. The van der Waals surface area contributed by atoms with Crippen LogP contribution in [-0.4, -0.2) is 34.7 Å². The number of hydrogen-bond donors (Lipinski definition) is 1. The predicted octanol–water partition coefficient (Wildman–Crippen LogP) is 1.38. The monoisotopic (exact) mass is 181 g/mol. The van der Waals surface area contributed by atoms with Gasteiger partial charge in [-0.2, -0.15) is 0 Å². The first kappa shape index (κ1) is 8.25. The Morgan fingerprint density at radius 3 is 2.77 bits per heavy atom. The summed E-state index contributed by atoms with van der Waals surface area (Å²) < 4.78 is 0. The quantitative estimate of drug-likeness (QED) is 0.660. The fourth-order valence-electron chi connectivity index (χ4n) is 3.76. The van der Waals surface area contributed by atoms with Crippen molar-refractivity contribution in [2.75, 3.05) is 7.05 Å². The molecular weight excluding hydrogens is 162 g/mol. The Hall–Kier alpha value is -0.0800. The van der Waals surface area contributed by atoms with Crippen molar-refractivity contribution in [3.05, 3.63) is 0 Å². The van der Waals surface area contributed by atoms with Crippen LogP contribution >= 0.6 is 0 Å². The molecule has 1 saturated carbocycles. The van der Waals surface area contributed by atoms with Crippen molar-refractivity contribution in [2.45, 2.75) is 56.2 Å². The van der Waals surface area contributed by atoms with Gasteiger partial charge in [-0.05, 0) is 51.5 Å². The largest absolute Gasteiger partial charge is 0.393 e. The van der Waals surface area contributed by atoms with E-state index in [4.69, 9.17) is 0 Å². The third kappa shape index (κ3) is 1.02. The Morgan fingerprint density at radius 1 is 1.31 bits per heavy atom. The van der Waals surface area contributed by atoms with Crippen LogP contribution in [0.25, 0.3) is 0 Å². The Kier molecular flexibility index (Phi) is 1.58. The van der Waals surface area contributed by atoms with Crippen molar-refractivity contribution in [1.82, 2.24) is 4.90 Å². The number of nitrogens with zero attached hydrogens (tertiary/aromatic N) is 1. The lowest BCUT2D eigenvalue weighted by Crippen LogP contribution is -2.53. The van der Waals surface area contributed by atoms with Gasteiger partial charge in [0.05, 0.1) is 6.10 Å². The van der Waals surface area contributed by atoms with Crippen LogP contribution in [0.1, 0.15) is 38.5 Å². The standard InChI is InChI=1S/C11H19NO/c1-12-9-4-5-11(12,8-2-3-8)7-10(13)6-9/h8-10,13H,2-7H2,1H3. The van der Waals surface area contributed by atoms with E-state index in [-0.39, 0.29) is 6.10 Å². The summed E-state index contributed by atoms with van der Waals surface area (Å²) in [6.45, 7) is 0. The van der Waals surface area contributed by atoms with Gasteiger partial charge in [-0.3, -0.25) is 4.90 Å². The summed E-state index contributed by atoms with van der Waals surface area (Å²) in [7, 11) is 2.28. The van der Waals surface area contributed by atoms with E-state index in [1.54, 1.807) is 0 Å².